The standard InChI is InChI=1S/C14H13F2NO/c1-9-5-6-11(15)7-13(9)18-14-10(8-17)3-2-4-12(14)16/h2-7H,8,17H2,1H3. The van der Waals surface area contributed by atoms with Crippen molar-refractivity contribution in [3.05, 3.63) is 59.2 Å². The fourth-order valence-corrected chi connectivity index (χ4v) is 1.62. The zero-order valence-electron chi connectivity index (χ0n) is 9.91. The number of benzene rings is 2. The molecule has 18 heavy (non-hydrogen) atoms. The highest BCUT2D eigenvalue weighted by atomic mass is 19.1. The molecule has 0 amide bonds. The normalized spacial score (nSPS) is 10.4. The van der Waals surface area contributed by atoms with Crippen molar-refractivity contribution < 1.29 is 13.5 Å². The second-order valence-corrected chi connectivity index (χ2v) is 3.94. The Bertz CT molecular complexity index is 570. The van der Waals surface area contributed by atoms with Crippen LogP contribution in [0.1, 0.15) is 11.1 Å². The molecule has 0 atom stereocenters. The van der Waals surface area contributed by atoms with E-state index in [4.69, 9.17) is 10.5 Å². The van der Waals surface area contributed by atoms with Gasteiger partial charge in [0.05, 0.1) is 0 Å². The van der Waals surface area contributed by atoms with Crippen molar-refractivity contribution in [2.75, 3.05) is 0 Å². The summed E-state index contributed by atoms with van der Waals surface area (Å²) in [5.74, 6) is -0.605. The third-order valence-corrected chi connectivity index (χ3v) is 2.63. The first-order valence-electron chi connectivity index (χ1n) is 5.53. The SMILES string of the molecule is Cc1ccc(F)cc1Oc1c(F)cccc1CN. The summed E-state index contributed by atoms with van der Waals surface area (Å²) in [5, 5.41) is 0. The minimum absolute atomic E-state index is 0.0497. The van der Waals surface area contributed by atoms with E-state index in [9.17, 15) is 8.78 Å². The first-order chi connectivity index (χ1) is 8.61. The number of hydrogen-bond donors (Lipinski definition) is 1. The van der Waals surface area contributed by atoms with Gasteiger partial charge in [-0.2, -0.15) is 0 Å². The zero-order chi connectivity index (χ0) is 13.1. The van der Waals surface area contributed by atoms with Crippen molar-refractivity contribution in [2.45, 2.75) is 13.5 Å². The van der Waals surface area contributed by atoms with E-state index in [1.807, 2.05) is 0 Å². The highest BCUT2D eigenvalue weighted by Gasteiger charge is 2.11. The average molecular weight is 249 g/mol. The van der Waals surface area contributed by atoms with Crippen molar-refractivity contribution in [1.82, 2.24) is 0 Å². The van der Waals surface area contributed by atoms with E-state index in [2.05, 4.69) is 0 Å². The molecule has 4 heteroatoms. The van der Waals surface area contributed by atoms with Crippen LogP contribution in [0.15, 0.2) is 36.4 Å². The van der Waals surface area contributed by atoms with E-state index in [1.165, 1.54) is 18.2 Å². The molecule has 2 nitrogen and oxygen atoms in total. The van der Waals surface area contributed by atoms with Gasteiger partial charge in [0.25, 0.3) is 0 Å². The molecule has 0 aliphatic heterocycles. The number of rotatable bonds is 3. The predicted octanol–water partition coefficient (Wildman–Crippen LogP) is 3.52. The smallest absolute Gasteiger partial charge is 0.167 e. The van der Waals surface area contributed by atoms with Crippen LogP contribution >= 0.6 is 0 Å². The maximum Gasteiger partial charge on any atom is 0.167 e. The van der Waals surface area contributed by atoms with E-state index in [1.54, 1.807) is 25.1 Å². The maximum absolute atomic E-state index is 13.7. The summed E-state index contributed by atoms with van der Waals surface area (Å²) in [7, 11) is 0. The van der Waals surface area contributed by atoms with Crippen LogP contribution in [0, 0.1) is 18.6 Å². The van der Waals surface area contributed by atoms with E-state index in [-0.39, 0.29) is 18.0 Å². The topological polar surface area (TPSA) is 35.2 Å². The Kier molecular flexibility index (Phi) is 3.58. The molecule has 0 aliphatic carbocycles. The molecule has 0 radical (unpaired) electrons. The van der Waals surface area contributed by atoms with Gasteiger partial charge < -0.3 is 10.5 Å². The van der Waals surface area contributed by atoms with Crippen LogP contribution in [0.4, 0.5) is 8.78 Å². The molecule has 0 aromatic heterocycles. The largest absolute Gasteiger partial charge is 0.454 e. The van der Waals surface area contributed by atoms with Crippen LogP contribution in [0.25, 0.3) is 0 Å². The number of aryl methyl sites for hydroxylation is 1. The van der Waals surface area contributed by atoms with Crippen LogP contribution in [-0.2, 0) is 6.54 Å². The lowest BCUT2D eigenvalue weighted by atomic mass is 10.2. The molecule has 0 heterocycles. The summed E-state index contributed by atoms with van der Waals surface area (Å²) in [4.78, 5) is 0. The Morgan fingerprint density at radius 1 is 1.17 bits per heavy atom. The fourth-order valence-electron chi connectivity index (χ4n) is 1.62. The summed E-state index contributed by atoms with van der Waals surface area (Å²) in [5.41, 5.74) is 6.79. The molecule has 0 spiro atoms. The van der Waals surface area contributed by atoms with E-state index >= 15 is 0 Å². The third-order valence-electron chi connectivity index (χ3n) is 2.63. The molecule has 0 fully saturated rings. The van der Waals surface area contributed by atoms with Gasteiger partial charge in [0.15, 0.2) is 11.6 Å². The Hall–Kier alpha value is -1.94. The molecular formula is C14H13F2NO. The monoisotopic (exact) mass is 249 g/mol. The summed E-state index contributed by atoms with van der Waals surface area (Å²) < 4.78 is 32.3. The third kappa shape index (κ3) is 2.49. The van der Waals surface area contributed by atoms with Crippen molar-refractivity contribution in [3.63, 3.8) is 0 Å². The second-order valence-electron chi connectivity index (χ2n) is 3.94. The summed E-state index contributed by atoms with van der Waals surface area (Å²) in [6, 6.07) is 8.64. The molecule has 2 rings (SSSR count). The Morgan fingerprint density at radius 2 is 1.94 bits per heavy atom. The molecule has 0 aliphatic rings. The van der Waals surface area contributed by atoms with Gasteiger partial charge in [-0.3, -0.25) is 0 Å². The molecular weight excluding hydrogens is 236 g/mol. The van der Waals surface area contributed by atoms with Crippen LogP contribution in [-0.4, -0.2) is 0 Å². The average Bonchev–Trinajstić information content (AvgIpc) is 2.36. The number of halogens is 2. The minimum atomic E-state index is -0.512. The molecule has 94 valence electrons. The first-order valence-corrected chi connectivity index (χ1v) is 5.53. The lowest BCUT2D eigenvalue weighted by Crippen LogP contribution is -2.02. The highest BCUT2D eigenvalue weighted by molar-refractivity contribution is 5.41. The maximum atomic E-state index is 13.7. The van der Waals surface area contributed by atoms with Crippen molar-refractivity contribution in [1.29, 1.82) is 0 Å². The molecule has 0 saturated heterocycles. The Balaban J connectivity index is 2.42. The van der Waals surface area contributed by atoms with Crippen LogP contribution in [0.5, 0.6) is 11.5 Å². The Labute approximate surface area is 104 Å². The van der Waals surface area contributed by atoms with Gasteiger partial charge in [0.2, 0.25) is 0 Å². The lowest BCUT2D eigenvalue weighted by Gasteiger charge is -2.12. The van der Waals surface area contributed by atoms with Gasteiger partial charge in [-0.05, 0) is 24.6 Å². The van der Waals surface area contributed by atoms with Gasteiger partial charge in [-0.25, -0.2) is 8.78 Å². The molecule has 2 aromatic rings. The number of para-hydroxylation sites is 1. The lowest BCUT2D eigenvalue weighted by molar-refractivity contribution is 0.430. The molecule has 0 bridgehead atoms. The predicted molar refractivity (Wildman–Crippen MR) is 65.5 cm³/mol. The molecule has 2 N–H and O–H groups in total. The van der Waals surface area contributed by atoms with Crippen molar-refractivity contribution >= 4 is 0 Å². The second kappa shape index (κ2) is 5.14. The van der Waals surface area contributed by atoms with Gasteiger partial charge >= 0.3 is 0 Å². The Morgan fingerprint density at radius 3 is 2.67 bits per heavy atom. The number of hydrogen-bond acceptors (Lipinski definition) is 2. The fraction of sp³-hybridized carbons (Fsp3) is 0.143. The molecule has 0 saturated carbocycles. The van der Waals surface area contributed by atoms with Gasteiger partial charge in [0, 0.05) is 18.2 Å². The van der Waals surface area contributed by atoms with Crippen molar-refractivity contribution in [2.24, 2.45) is 5.73 Å². The number of nitrogens with two attached hydrogens (primary N) is 1. The highest BCUT2D eigenvalue weighted by Crippen LogP contribution is 2.30. The van der Waals surface area contributed by atoms with Crippen molar-refractivity contribution in [3.8, 4) is 11.5 Å². The quantitative estimate of drug-likeness (QED) is 0.903. The van der Waals surface area contributed by atoms with Crippen LogP contribution in [0.2, 0.25) is 0 Å². The first kappa shape index (κ1) is 12.5. The van der Waals surface area contributed by atoms with E-state index in [0.29, 0.717) is 5.56 Å². The number of ether oxygens (including phenoxy) is 1. The molecule has 2 aromatic carbocycles. The van der Waals surface area contributed by atoms with Crippen LogP contribution in [0.3, 0.4) is 0 Å². The van der Waals surface area contributed by atoms with Gasteiger partial charge in [-0.15, -0.1) is 0 Å². The van der Waals surface area contributed by atoms with Crippen LogP contribution < -0.4 is 10.5 Å². The summed E-state index contributed by atoms with van der Waals surface area (Å²) in [6.45, 7) is 1.92. The van der Waals surface area contributed by atoms with Gasteiger partial charge in [0.1, 0.15) is 11.6 Å². The minimum Gasteiger partial charge on any atom is -0.454 e. The van der Waals surface area contributed by atoms with E-state index in [0.717, 1.165) is 5.56 Å². The summed E-state index contributed by atoms with van der Waals surface area (Å²) >= 11 is 0. The summed E-state index contributed by atoms with van der Waals surface area (Å²) in [6.07, 6.45) is 0. The zero-order valence-corrected chi connectivity index (χ0v) is 9.91. The molecule has 0 unspecified atom stereocenters. The van der Waals surface area contributed by atoms with E-state index < -0.39 is 11.6 Å². The van der Waals surface area contributed by atoms with Gasteiger partial charge in [-0.1, -0.05) is 18.2 Å².